The molecule has 1 heterocycles. The summed E-state index contributed by atoms with van der Waals surface area (Å²) in [6.07, 6.45) is 0.433. The maximum absolute atomic E-state index is 10.6. The predicted molar refractivity (Wildman–Crippen MR) is 78.2 cm³/mol. The van der Waals surface area contributed by atoms with E-state index in [9.17, 15) is 10.4 Å². The number of nitrogens with zero attached hydrogens (tertiary/aromatic N) is 1. The van der Waals surface area contributed by atoms with Crippen LogP contribution in [-0.4, -0.2) is 18.3 Å². The van der Waals surface area contributed by atoms with Gasteiger partial charge in [-0.05, 0) is 29.4 Å². The van der Waals surface area contributed by atoms with Crippen LogP contribution < -0.4 is 0 Å². The van der Waals surface area contributed by atoms with Gasteiger partial charge in [0.1, 0.15) is 0 Å². The van der Waals surface area contributed by atoms with Crippen LogP contribution in [-0.2, 0) is 10.2 Å². The number of nitriles is 1. The Morgan fingerprint density at radius 1 is 1.20 bits per heavy atom. The molecule has 1 fully saturated rings. The Morgan fingerprint density at radius 3 is 2.20 bits per heavy atom. The summed E-state index contributed by atoms with van der Waals surface area (Å²) < 4.78 is 5.31. The van der Waals surface area contributed by atoms with E-state index < -0.39 is 11.5 Å². The van der Waals surface area contributed by atoms with E-state index in [1.807, 2.05) is 24.3 Å². The van der Waals surface area contributed by atoms with Gasteiger partial charge in [-0.15, -0.1) is 0 Å². The molecule has 0 amide bonds. The van der Waals surface area contributed by atoms with E-state index in [0.29, 0.717) is 26.1 Å². The average molecular weight is 273 g/mol. The van der Waals surface area contributed by atoms with E-state index in [4.69, 9.17) is 4.74 Å². The molecule has 1 aliphatic heterocycles. The second-order valence-corrected chi connectivity index (χ2v) is 6.65. The zero-order chi connectivity index (χ0) is 14.8. The highest BCUT2D eigenvalue weighted by Crippen LogP contribution is 2.42. The fraction of sp³-hybridized carbons (Fsp3) is 0.588. The zero-order valence-corrected chi connectivity index (χ0v) is 12.5. The molecule has 1 N–H and O–H groups in total. The van der Waals surface area contributed by atoms with E-state index in [0.717, 1.165) is 5.56 Å². The van der Waals surface area contributed by atoms with Crippen molar-refractivity contribution in [3.63, 3.8) is 0 Å². The normalized spacial score (nSPS) is 20.1. The quantitative estimate of drug-likeness (QED) is 0.899. The lowest BCUT2D eigenvalue weighted by molar-refractivity contribution is -0.0310. The summed E-state index contributed by atoms with van der Waals surface area (Å²) in [6.45, 7) is 7.57. The van der Waals surface area contributed by atoms with Crippen LogP contribution in [0.3, 0.4) is 0 Å². The molecule has 0 spiro atoms. The summed E-state index contributed by atoms with van der Waals surface area (Å²) >= 11 is 0. The highest BCUT2D eigenvalue weighted by molar-refractivity contribution is 5.30. The van der Waals surface area contributed by atoms with Crippen molar-refractivity contribution in [2.75, 3.05) is 13.2 Å². The van der Waals surface area contributed by atoms with E-state index >= 15 is 0 Å². The Labute approximate surface area is 121 Å². The third-order valence-corrected chi connectivity index (χ3v) is 4.22. The van der Waals surface area contributed by atoms with Crippen LogP contribution in [0.5, 0.6) is 0 Å². The van der Waals surface area contributed by atoms with Crippen LogP contribution in [0.1, 0.15) is 50.8 Å². The van der Waals surface area contributed by atoms with Crippen LogP contribution in [0, 0.1) is 16.7 Å². The lowest BCUT2D eigenvalue weighted by Crippen LogP contribution is -2.34. The summed E-state index contributed by atoms with van der Waals surface area (Å²) in [5.41, 5.74) is 1.43. The molecule has 2 rings (SSSR count). The van der Waals surface area contributed by atoms with Crippen LogP contribution >= 0.6 is 0 Å². The minimum Gasteiger partial charge on any atom is -0.387 e. The van der Waals surface area contributed by atoms with Crippen molar-refractivity contribution in [1.29, 1.82) is 5.26 Å². The molecule has 108 valence electrons. The summed E-state index contributed by atoms with van der Waals surface area (Å²) in [4.78, 5) is 0. The summed E-state index contributed by atoms with van der Waals surface area (Å²) in [7, 11) is 0. The molecule has 1 aromatic rings. The molecule has 3 nitrogen and oxygen atoms in total. The van der Waals surface area contributed by atoms with Gasteiger partial charge in [-0.2, -0.15) is 5.26 Å². The second kappa shape index (κ2) is 5.55. The van der Waals surface area contributed by atoms with Crippen LogP contribution in [0.2, 0.25) is 0 Å². The molecule has 0 aromatic heterocycles. The van der Waals surface area contributed by atoms with Gasteiger partial charge in [-0.25, -0.2) is 0 Å². The zero-order valence-electron chi connectivity index (χ0n) is 12.5. The number of benzene rings is 1. The molecule has 1 saturated heterocycles. The van der Waals surface area contributed by atoms with Crippen molar-refractivity contribution in [2.45, 2.75) is 45.1 Å². The Hall–Kier alpha value is -1.37. The first-order valence-electron chi connectivity index (χ1n) is 7.16. The monoisotopic (exact) mass is 273 g/mol. The third-order valence-electron chi connectivity index (χ3n) is 4.22. The van der Waals surface area contributed by atoms with Crippen molar-refractivity contribution in [3.8, 4) is 6.07 Å². The molecule has 3 heteroatoms. The minimum atomic E-state index is -0.745. The van der Waals surface area contributed by atoms with E-state index in [1.165, 1.54) is 5.56 Å². The van der Waals surface area contributed by atoms with Gasteiger partial charge in [0.15, 0.2) is 0 Å². The number of hydrogen-bond acceptors (Lipinski definition) is 3. The van der Waals surface area contributed by atoms with Gasteiger partial charge in [0, 0.05) is 13.2 Å². The van der Waals surface area contributed by atoms with Gasteiger partial charge >= 0.3 is 0 Å². The third kappa shape index (κ3) is 2.87. The molecule has 1 atom stereocenters. The lowest BCUT2D eigenvalue weighted by atomic mass is 9.74. The molecular weight excluding hydrogens is 250 g/mol. The number of rotatable bonds is 2. The molecule has 0 saturated carbocycles. The lowest BCUT2D eigenvalue weighted by Gasteiger charge is -2.35. The first kappa shape index (κ1) is 15.0. The van der Waals surface area contributed by atoms with Crippen molar-refractivity contribution in [1.82, 2.24) is 0 Å². The molecule has 0 bridgehead atoms. The fourth-order valence-electron chi connectivity index (χ4n) is 2.67. The van der Waals surface area contributed by atoms with E-state index in [-0.39, 0.29) is 5.41 Å². The average Bonchev–Trinajstić information content (AvgIpc) is 2.46. The van der Waals surface area contributed by atoms with Gasteiger partial charge in [0.05, 0.1) is 17.6 Å². The van der Waals surface area contributed by atoms with E-state index in [2.05, 4.69) is 26.8 Å². The minimum absolute atomic E-state index is 0.0923. The van der Waals surface area contributed by atoms with Crippen molar-refractivity contribution in [2.24, 2.45) is 5.41 Å². The fourth-order valence-corrected chi connectivity index (χ4v) is 2.67. The van der Waals surface area contributed by atoms with E-state index in [1.54, 1.807) is 0 Å². The number of aliphatic hydroxyl groups excluding tert-OH is 1. The Kier molecular flexibility index (Phi) is 4.17. The molecule has 1 aliphatic rings. The summed E-state index contributed by atoms with van der Waals surface area (Å²) in [5, 5.41) is 20.1. The van der Waals surface area contributed by atoms with Crippen molar-refractivity contribution < 1.29 is 9.84 Å². The van der Waals surface area contributed by atoms with Gasteiger partial charge in [0.2, 0.25) is 0 Å². The highest BCUT2D eigenvalue weighted by atomic mass is 16.5. The SMILES string of the molecule is CC(C)(C)c1ccc(C(O)C2(C#N)CCOCC2)cc1. The second-order valence-electron chi connectivity index (χ2n) is 6.65. The first-order valence-corrected chi connectivity index (χ1v) is 7.16. The molecule has 1 aromatic carbocycles. The van der Waals surface area contributed by atoms with Crippen LogP contribution in [0.15, 0.2) is 24.3 Å². The number of ether oxygens (including phenoxy) is 1. The van der Waals surface area contributed by atoms with Crippen molar-refractivity contribution >= 4 is 0 Å². The smallest absolute Gasteiger partial charge is 0.0978 e. The topological polar surface area (TPSA) is 53.2 Å². The number of aliphatic hydroxyl groups is 1. The largest absolute Gasteiger partial charge is 0.387 e. The molecular formula is C17H23NO2. The maximum atomic E-state index is 10.6. The van der Waals surface area contributed by atoms with Crippen LogP contribution in [0.4, 0.5) is 0 Å². The predicted octanol–water partition coefficient (Wildman–Crippen LogP) is 3.34. The van der Waals surface area contributed by atoms with Gasteiger partial charge in [-0.3, -0.25) is 0 Å². The van der Waals surface area contributed by atoms with Gasteiger partial charge < -0.3 is 9.84 Å². The standard InChI is InChI=1S/C17H23NO2/c1-16(2,3)14-6-4-13(5-7-14)15(19)17(12-18)8-10-20-11-9-17/h4-7,15,19H,8-11H2,1-3H3. The Balaban J connectivity index is 2.24. The van der Waals surface area contributed by atoms with Crippen molar-refractivity contribution in [3.05, 3.63) is 35.4 Å². The molecule has 0 aliphatic carbocycles. The summed E-state index contributed by atoms with van der Waals surface area (Å²) in [5.74, 6) is 0. The number of hydrogen-bond donors (Lipinski definition) is 1. The Morgan fingerprint density at radius 2 is 1.75 bits per heavy atom. The Bertz CT molecular complexity index is 487. The van der Waals surface area contributed by atoms with Gasteiger partial charge in [-0.1, -0.05) is 45.0 Å². The molecule has 20 heavy (non-hydrogen) atoms. The summed E-state index contributed by atoms with van der Waals surface area (Å²) in [6, 6.07) is 10.3. The molecule has 0 radical (unpaired) electrons. The first-order chi connectivity index (χ1) is 9.39. The highest BCUT2D eigenvalue weighted by Gasteiger charge is 2.40. The van der Waals surface area contributed by atoms with Crippen LogP contribution in [0.25, 0.3) is 0 Å². The molecule has 1 unspecified atom stereocenters. The maximum Gasteiger partial charge on any atom is 0.0978 e. The van der Waals surface area contributed by atoms with Gasteiger partial charge in [0.25, 0.3) is 0 Å².